The van der Waals surface area contributed by atoms with Crippen molar-refractivity contribution in [3.05, 3.63) is 113 Å². The van der Waals surface area contributed by atoms with Crippen molar-refractivity contribution in [2.45, 2.75) is 19.4 Å². The predicted octanol–water partition coefficient (Wildman–Crippen LogP) is 4.71. The average molecular weight is 441 g/mol. The molecule has 33 heavy (non-hydrogen) atoms. The van der Waals surface area contributed by atoms with Crippen LogP contribution in [0.4, 0.5) is 4.39 Å². The van der Waals surface area contributed by atoms with Gasteiger partial charge in [-0.15, -0.1) is 0 Å². The smallest absolute Gasteiger partial charge is 0.338 e. The second-order valence-electron chi connectivity index (χ2n) is 7.47. The van der Waals surface area contributed by atoms with Gasteiger partial charge in [0.15, 0.2) is 0 Å². The Hall–Kier alpha value is -4.44. The number of rotatable bonds is 5. The summed E-state index contributed by atoms with van der Waals surface area (Å²) in [4.78, 5) is 17.4. The zero-order valence-corrected chi connectivity index (χ0v) is 17.8. The van der Waals surface area contributed by atoms with E-state index in [-0.39, 0.29) is 35.2 Å². The monoisotopic (exact) mass is 441 g/mol. The molecule has 0 spiro atoms. The lowest BCUT2D eigenvalue weighted by Crippen LogP contribution is -2.25. The second-order valence-corrected chi connectivity index (χ2v) is 7.47. The molecule has 0 fully saturated rings. The highest BCUT2D eigenvalue weighted by Crippen LogP contribution is 2.40. The molecule has 0 amide bonds. The van der Waals surface area contributed by atoms with Crippen molar-refractivity contribution < 1.29 is 18.7 Å². The normalized spacial score (nSPS) is 15.6. The lowest BCUT2D eigenvalue weighted by molar-refractivity contribution is -0.140. The Morgan fingerprint density at radius 3 is 2.58 bits per heavy atom. The van der Waals surface area contributed by atoms with Gasteiger partial charge in [0.1, 0.15) is 29.8 Å². The molecule has 0 saturated carbocycles. The Bertz CT molecular complexity index is 1290. The fourth-order valence-electron chi connectivity index (χ4n) is 3.70. The van der Waals surface area contributed by atoms with E-state index >= 15 is 0 Å². The second kappa shape index (κ2) is 9.37. The Labute approximate surface area is 190 Å². The summed E-state index contributed by atoms with van der Waals surface area (Å²) < 4.78 is 24.4. The number of pyridine rings is 1. The topological polar surface area (TPSA) is 98.2 Å². The van der Waals surface area contributed by atoms with Crippen LogP contribution in [0.5, 0.6) is 0 Å². The molecule has 0 saturated heterocycles. The Morgan fingerprint density at radius 1 is 1.15 bits per heavy atom. The number of benzene rings is 2. The van der Waals surface area contributed by atoms with E-state index in [1.54, 1.807) is 37.5 Å². The van der Waals surface area contributed by atoms with Crippen molar-refractivity contribution in [2.75, 3.05) is 0 Å². The minimum Gasteiger partial charge on any atom is -0.457 e. The Morgan fingerprint density at radius 2 is 1.88 bits per heavy atom. The number of carbonyl (C=O) groups is 1. The first-order valence-electron chi connectivity index (χ1n) is 10.2. The largest absolute Gasteiger partial charge is 0.457 e. The molecular formula is C26H20FN3O3. The van der Waals surface area contributed by atoms with Crippen LogP contribution >= 0.6 is 0 Å². The zero-order chi connectivity index (χ0) is 23.4. The van der Waals surface area contributed by atoms with E-state index in [1.165, 1.54) is 12.1 Å². The third-order valence-corrected chi connectivity index (χ3v) is 5.31. The number of aromatic nitrogens is 1. The Balaban J connectivity index is 1.72. The van der Waals surface area contributed by atoms with Crippen LogP contribution in [0.25, 0.3) is 11.1 Å². The van der Waals surface area contributed by atoms with Gasteiger partial charge in [-0.05, 0) is 41.8 Å². The molecule has 0 radical (unpaired) electrons. The van der Waals surface area contributed by atoms with Crippen LogP contribution < -0.4 is 5.73 Å². The first kappa shape index (κ1) is 21.8. The van der Waals surface area contributed by atoms with E-state index in [0.717, 1.165) is 11.1 Å². The van der Waals surface area contributed by atoms with Crippen molar-refractivity contribution in [1.82, 2.24) is 4.98 Å². The molecule has 0 bridgehead atoms. The number of carbonyl (C=O) groups excluding carboxylic acids is 1. The molecule has 1 aromatic heterocycles. The van der Waals surface area contributed by atoms with E-state index in [1.807, 2.05) is 30.3 Å². The van der Waals surface area contributed by atoms with Crippen molar-refractivity contribution in [3.8, 4) is 17.2 Å². The number of nitriles is 1. The summed E-state index contributed by atoms with van der Waals surface area (Å²) in [6.07, 6.45) is 3.19. The van der Waals surface area contributed by atoms with E-state index in [2.05, 4.69) is 11.1 Å². The highest BCUT2D eigenvalue weighted by Gasteiger charge is 2.36. The number of allylic oxidation sites excluding steroid dienone is 2. The van der Waals surface area contributed by atoms with Gasteiger partial charge in [-0.3, -0.25) is 4.98 Å². The number of hydrogen-bond donors (Lipinski definition) is 1. The molecule has 1 atom stereocenters. The summed E-state index contributed by atoms with van der Waals surface area (Å²) in [6.45, 7) is 1.67. The van der Waals surface area contributed by atoms with Gasteiger partial charge >= 0.3 is 5.97 Å². The maximum absolute atomic E-state index is 13.3. The summed E-state index contributed by atoms with van der Waals surface area (Å²) in [5.41, 5.74) is 9.08. The number of esters is 1. The molecule has 1 aliphatic rings. The third kappa shape index (κ3) is 4.60. The standard InChI is InChI=1S/C26H20FN3O3/c1-16-23(26(31)32-15-17-5-3-2-4-6-17)24(22(12-28)25(29)33-16)20-11-19(13-30-14-20)18-7-9-21(27)10-8-18/h2-11,13-14,24H,15,29H2,1H3/t24-/m1/s1. The summed E-state index contributed by atoms with van der Waals surface area (Å²) in [6, 6.07) is 19.1. The first-order chi connectivity index (χ1) is 16.0. The molecule has 2 aromatic carbocycles. The number of hydrogen-bond acceptors (Lipinski definition) is 6. The number of nitrogens with zero attached hydrogens (tertiary/aromatic N) is 2. The van der Waals surface area contributed by atoms with E-state index in [0.29, 0.717) is 11.1 Å². The van der Waals surface area contributed by atoms with Gasteiger partial charge in [0.05, 0.1) is 11.5 Å². The molecule has 4 rings (SSSR count). The van der Waals surface area contributed by atoms with E-state index < -0.39 is 11.9 Å². The maximum Gasteiger partial charge on any atom is 0.338 e. The number of halogens is 1. The van der Waals surface area contributed by atoms with Crippen LogP contribution in [-0.2, 0) is 20.9 Å². The van der Waals surface area contributed by atoms with Crippen LogP contribution in [0, 0.1) is 17.1 Å². The van der Waals surface area contributed by atoms with Gasteiger partial charge in [0, 0.05) is 18.0 Å². The molecule has 6 nitrogen and oxygen atoms in total. The number of ether oxygens (including phenoxy) is 2. The van der Waals surface area contributed by atoms with Crippen molar-refractivity contribution >= 4 is 5.97 Å². The predicted molar refractivity (Wildman–Crippen MR) is 119 cm³/mol. The van der Waals surface area contributed by atoms with Crippen molar-refractivity contribution in [3.63, 3.8) is 0 Å². The summed E-state index contributed by atoms with van der Waals surface area (Å²) in [5.74, 6) is -1.61. The van der Waals surface area contributed by atoms with Gasteiger partial charge in [-0.2, -0.15) is 5.26 Å². The lowest BCUT2D eigenvalue weighted by atomic mass is 9.83. The van der Waals surface area contributed by atoms with Gasteiger partial charge in [0.25, 0.3) is 0 Å². The number of nitrogens with two attached hydrogens (primary N) is 1. The molecular weight excluding hydrogens is 421 g/mol. The van der Waals surface area contributed by atoms with Crippen molar-refractivity contribution in [1.29, 1.82) is 5.26 Å². The third-order valence-electron chi connectivity index (χ3n) is 5.31. The quantitative estimate of drug-likeness (QED) is 0.576. The molecule has 2 heterocycles. The molecule has 1 aliphatic heterocycles. The van der Waals surface area contributed by atoms with Crippen LogP contribution in [0.2, 0.25) is 0 Å². The minimum atomic E-state index is -0.820. The summed E-state index contributed by atoms with van der Waals surface area (Å²) in [5, 5.41) is 9.80. The molecule has 7 heteroatoms. The van der Waals surface area contributed by atoms with Gasteiger partial charge < -0.3 is 15.2 Å². The average Bonchev–Trinajstić information content (AvgIpc) is 2.83. The zero-order valence-electron chi connectivity index (χ0n) is 17.8. The maximum atomic E-state index is 13.3. The fourth-order valence-corrected chi connectivity index (χ4v) is 3.70. The molecule has 3 aromatic rings. The van der Waals surface area contributed by atoms with Gasteiger partial charge in [-0.1, -0.05) is 42.5 Å². The highest BCUT2D eigenvalue weighted by atomic mass is 19.1. The first-order valence-corrected chi connectivity index (χ1v) is 10.2. The van der Waals surface area contributed by atoms with E-state index in [9.17, 15) is 14.4 Å². The van der Waals surface area contributed by atoms with Gasteiger partial charge in [0.2, 0.25) is 5.88 Å². The van der Waals surface area contributed by atoms with E-state index in [4.69, 9.17) is 15.2 Å². The van der Waals surface area contributed by atoms with Crippen LogP contribution in [0.3, 0.4) is 0 Å². The molecule has 164 valence electrons. The van der Waals surface area contributed by atoms with Crippen molar-refractivity contribution in [2.24, 2.45) is 5.73 Å². The van der Waals surface area contributed by atoms with Crippen LogP contribution in [0.1, 0.15) is 24.0 Å². The summed E-state index contributed by atoms with van der Waals surface area (Å²) >= 11 is 0. The highest BCUT2D eigenvalue weighted by molar-refractivity contribution is 5.92. The fraction of sp³-hybridized carbons (Fsp3) is 0.115. The van der Waals surface area contributed by atoms with Gasteiger partial charge in [-0.25, -0.2) is 9.18 Å². The molecule has 2 N–H and O–H groups in total. The molecule has 0 aliphatic carbocycles. The van der Waals surface area contributed by atoms with Crippen LogP contribution in [-0.4, -0.2) is 11.0 Å². The minimum absolute atomic E-state index is 0.0676. The van der Waals surface area contributed by atoms with Crippen LogP contribution in [0.15, 0.2) is 95.8 Å². The summed E-state index contributed by atoms with van der Waals surface area (Å²) in [7, 11) is 0. The lowest BCUT2D eigenvalue weighted by Gasteiger charge is -2.27. The molecule has 0 unspecified atom stereocenters. The SMILES string of the molecule is CC1=C(C(=O)OCc2ccccc2)[C@H](c2cncc(-c3ccc(F)cc3)c2)C(C#N)=C(N)O1. The Kier molecular flexibility index (Phi) is 6.18.